The highest BCUT2D eigenvalue weighted by atomic mass is 19.4. The average Bonchev–Trinajstić information content (AvgIpc) is 2.27. The van der Waals surface area contributed by atoms with Crippen LogP contribution in [0.25, 0.3) is 0 Å². The molecule has 1 aliphatic rings. The molecule has 0 spiro atoms. The predicted molar refractivity (Wildman–Crippen MR) is 50.0 cm³/mol. The Kier molecular flexibility index (Phi) is 4.35. The van der Waals surface area contributed by atoms with E-state index in [0.29, 0.717) is 12.5 Å². The Morgan fingerprint density at radius 2 is 1.40 bits per heavy atom. The van der Waals surface area contributed by atoms with Gasteiger partial charge in [-0.3, -0.25) is 0 Å². The summed E-state index contributed by atoms with van der Waals surface area (Å²) in [4.78, 5) is 21.4. The van der Waals surface area contributed by atoms with E-state index in [1.807, 2.05) is 0 Å². The van der Waals surface area contributed by atoms with E-state index in [1.165, 1.54) is 0 Å². The summed E-state index contributed by atoms with van der Waals surface area (Å²) in [6.07, 6.45) is -9.03. The van der Waals surface area contributed by atoms with Gasteiger partial charge in [-0.25, -0.2) is 9.59 Å². The third-order valence-corrected chi connectivity index (χ3v) is 2.26. The maximum atomic E-state index is 12.1. The van der Waals surface area contributed by atoms with Crippen LogP contribution in [-0.2, 0) is 19.1 Å². The van der Waals surface area contributed by atoms with Gasteiger partial charge in [0.25, 0.3) is 5.79 Å². The molecule has 1 rings (SSSR count). The molecular weight excluding hydrogens is 298 g/mol. The van der Waals surface area contributed by atoms with Crippen molar-refractivity contribution in [3.63, 3.8) is 0 Å². The second-order valence-corrected chi connectivity index (χ2v) is 3.88. The molecule has 0 heterocycles. The number of alkyl halides is 6. The fourth-order valence-electron chi connectivity index (χ4n) is 1.43. The van der Waals surface area contributed by atoms with E-state index in [2.05, 4.69) is 9.47 Å². The highest BCUT2D eigenvalue weighted by Crippen LogP contribution is 2.33. The molecule has 0 fully saturated rings. The number of carbonyl (C=O) groups is 2. The van der Waals surface area contributed by atoms with Crippen molar-refractivity contribution in [3.05, 3.63) is 12.2 Å². The second kappa shape index (κ2) is 5.33. The smallest absolute Gasteiger partial charge is 0.412 e. The highest BCUT2D eigenvalue weighted by Gasteiger charge is 2.51. The molecule has 0 unspecified atom stereocenters. The minimum atomic E-state index is -5.41. The van der Waals surface area contributed by atoms with Gasteiger partial charge in [0.05, 0.1) is 0 Å². The van der Waals surface area contributed by atoms with Crippen LogP contribution in [-0.4, -0.2) is 30.1 Å². The number of allylic oxidation sites excluding steroid dienone is 1. The largest absolute Gasteiger partial charge is 0.491 e. The Hall–Kier alpha value is -1.74. The molecule has 0 aromatic carbocycles. The van der Waals surface area contributed by atoms with Crippen LogP contribution in [0.3, 0.4) is 0 Å². The van der Waals surface area contributed by atoms with Crippen molar-refractivity contribution in [2.45, 2.75) is 37.4 Å². The first kappa shape index (κ1) is 16.3. The summed E-state index contributed by atoms with van der Waals surface area (Å²) >= 11 is 0. The third-order valence-electron chi connectivity index (χ3n) is 2.26. The number of hydrogen-bond donors (Lipinski definition) is 0. The first-order chi connectivity index (χ1) is 8.96. The molecule has 1 aliphatic carbocycles. The lowest BCUT2D eigenvalue weighted by molar-refractivity contribution is -0.261. The summed E-state index contributed by atoms with van der Waals surface area (Å²) in [5.74, 6) is -8.16. The molecule has 10 heteroatoms. The molecule has 0 aliphatic heterocycles. The Morgan fingerprint density at radius 3 is 1.70 bits per heavy atom. The topological polar surface area (TPSA) is 52.6 Å². The van der Waals surface area contributed by atoms with Gasteiger partial charge in [0.2, 0.25) is 0 Å². The van der Waals surface area contributed by atoms with Crippen molar-refractivity contribution in [2.24, 2.45) is 0 Å². The van der Waals surface area contributed by atoms with Crippen molar-refractivity contribution in [2.75, 3.05) is 0 Å². The Labute approximate surface area is 108 Å². The fraction of sp³-hybridized carbons (Fsp3) is 0.600. The summed E-state index contributed by atoms with van der Waals surface area (Å²) in [5, 5.41) is 0. The van der Waals surface area contributed by atoms with E-state index in [1.54, 1.807) is 0 Å². The van der Waals surface area contributed by atoms with Crippen LogP contribution in [0.5, 0.6) is 0 Å². The molecule has 20 heavy (non-hydrogen) atoms. The molecule has 114 valence electrons. The number of ether oxygens (including phenoxy) is 2. The SMILES string of the molecule is O=C(OC1(OC(=O)C(F)(F)F)C=CCCC1)C(F)(F)F. The molecule has 0 atom stereocenters. The lowest BCUT2D eigenvalue weighted by atomic mass is 10.0. The summed E-state index contributed by atoms with van der Waals surface area (Å²) in [6, 6.07) is 0. The Balaban J connectivity index is 2.94. The second-order valence-electron chi connectivity index (χ2n) is 3.88. The van der Waals surface area contributed by atoms with Crippen LogP contribution in [0.1, 0.15) is 19.3 Å². The number of carbonyl (C=O) groups excluding carboxylic acids is 2. The van der Waals surface area contributed by atoms with Gasteiger partial charge in [-0.05, 0) is 18.9 Å². The number of hydrogen-bond acceptors (Lipinski definition) is 4. The number of halogens is 6. The fourth-order valence-corrected chi connectivity index (χ4v) is 1.43. The highest BCUT2D eigenvalue weighted by molar-refractivity contribution is 5.78. The zero-order chi connectivity index (χ0) is 15.6. The van der Waals surface area contributed by atoms with Gasteiger partial charge in [0.1, 0.15) is 0 Å². The maximum absolute atomic E-state index is 12.1. The van der Waals surface area contributed by atoms with Gasteiger partial charge in [0, 0.05) is 6.42 Å². The van der Waals surface area contributed by atoms with Crippen molar-refractivity contribution < 1.29 is 45.4 Å². The van der Waals surface area contributed by atoms with Crippen molar-refractivity contribution in [3.8, 4) is 0 Å². The molecule has 0 saturated carbocycles. The number of rotatable bonds is 2. The molecule has 0 saturated heterocycles. The lowest BCUT2D eigenvalue weighted by Gasteiger charge is -2.32. The molecule has 0 aromatic heterocycles. The van der Waals surface area contributed by atoms with E-state index in [0.717, 1.165) is 6.08 Å². The van der Waals surface area contributed by atoms with Crippen LogP contribution < -0.4 is 0 Å². The molecule has 0 amide bonds. The van der Waals surface area contributed by atoms with Crippen molar-refractivity contribution in [1.29, 1.82) is 0 Å². The van der Waals surface area contributed by atoms with Crippen LogP contribution in [0, 0.1) is 0 Å². The predicted octanol–water partition coefficient (Wildman–Crippen LogP) is 2.63. The van der Waals surface area contributed by atoms with Crippen LogP contribution in [0.2, 0.25) is 0 Å². The summed E-state index contributed by atoms with van der Waals surface area (Å²) in [5.41, 5.74) is 0. The standard InChI is InChI=1S/C10H8F6O4/c11-9(12,13)6(17)19-8(4-2-1-3-5-8)20-7(18)10(14,15)16/h2,4H,1,3,5H2. The minimum absolute atomic E-state index is 0.0901. The van der Waals surface area contributed by atoms with E-state index in [9.17, 15) is 35.9 Å². The first-order valence-corrected chi connectivity index (χ1v) is 5.24. The van der Waals surface area contributed by atoms with Gasteiger partial charge < -0.3 is 9.47 Å². The van der Waals surface area contributed by atoms with Gasteiger partial charge in [-0.1, -0.05) is 6.08 Å². The Morgan fingerprint density at radius 1 is 0.950 bits per heavy atom. The first-order valence-electron chi connectivity index (χ1n) is 5.24. The third kappa shape index (κ3) is 4.14. The Bertz CT molecular complexity index is 394. The van der Waals surface area contributed by atoms with Crippen LogP contribution in [0.4, 0.5) is 26.3 Å². The summed E-state index contributed by atoms with van der Waals surface area (Å²) < 4.78 is 80.3. The average molecular weight is 306 g/mol. The monoisotopic (exact) mass is 306 g/mol. The molecule has 0 aromatic rings. The maximum Gasteiger partial charge on any atom is 0.491 e. The zero-order valence-corrected chi connectivity index (χ0v) is 9.68. The lowest BCUT2D eigenvalue weighted by Crippen LogP contribution is -2.45. The molecule has 0 radical (unpaired) electrons. The van der Waals surface area contributed by atoms with Gasteiger partial charge >= 0.3 is 24.3 Å². The molecule has 0 bridgehead atoms. The van der Waals surface area contributed by atoms with E-state index in [4.69, 9.17) is 0 Å². The molecule has 0 N–H and O–H groups in total. The summed E-state index contributed by atoms with van der Waals surface area (Å²) in [7, 11) is 0. The van der Waals surface area contributed by atoms with E-state index >= 15 is 0 Å². The van der Waals surface area contributed by atoms with E-state index in [-0.39, 0.29) is 6.42 Å². The van der Waals surface area contributed by atoms with Crippen LogP contribution in [0.15, 0.2) is 12.2 Å². The van der Waals surface area contributed by atoms with Gasteiger partial charge in [-0.15, -0.1) is 0 Å². The normalized spacial score (nSPS) is 18.5. The molecule has 4 nitrogen and oxygen atoms in total. The molecular formula is C10H8F6O4. The van der Waals surface area contributed by atoms with Crippen molar-refractivity contribution >= 4 is 11.9 Å². The van der Waals surface area contributed by atoms with Gasteiger partial charge in [-0.2, -0.15) is 26.3 Å². The van der Waals surface area contributed by atoms with Crippen molar-refractivity contribution in [1.82, 2.24) is 0 Å². The zero-order valence-electron chi connectivity index (χ0n) is 9.68. The summed E-state index contributed by atoms with van der Waals surface area (Å²) in [6.45, 7) is 0. The van der Waals surface area contributed by atoms with E-state index < -0.39 is 36.5 Å². The minimum Gasteiger partial charge on any atom is -0.412 e. The van der Waals surface area contributed by atoms with Gasteiger partial charge in [0.15, 0.2) is 0 Å². The number of esters is 2. The quantitative estimate of drug-likeness (QED) is 0.341. The van der Waals surface area contributed by atoms with Crippen LogP contribution >= 0.6 is 0 Å².